The molecule has 3 rings (SSSR count). The third-order valence-corrected chi connectivity index (χ3v) is 5.66. The maximum absolute atomic E-state index is 10.7. The lowest BCUT2D eigenvalue weighted by Crippen LogP contribution is -2.00. The number of hydrazone groups is 1. The molecule has 0 aliphatic heterocycles. The summed E-state index contributed by atoms with van der Waals surface area (Å²) < 4.78 is 7.92. The first-order valence-electron chi connectivity index (χ1n) is 8.32. The van der Waals surface area contributed by atoms with Crippen LogP contribution in [0.5, 0.6) is 5.75 Å². The standard InChI is InChI=1S/C20H14ClI2N3O3/c21-15-3-1-13(2-4-15)12-29-20-18(22)9-14(10-19(20)23)11-24-25-16-5-7-17(8-6-16)26(27)28/h1-11,25H,12H2/b24-11+. The molecule has 0 atom stereocenters. The number of halogens is 3. The number of nitro benzene ring substituents is 1. The second-order valence-electron chi connectivity index (χ2n) is 5.90. The normalized spacial score (nSPS) is 10.9. The molecule has 0 saturated heterocycles. The fourth-order valence-electron chi connectivity index (χ4n) is 2.37. The van der Waals surface area contributed by atoms with E-state index in [1.54, 1.807) is 18.3 Å². The van der Waals surface area contributed by atoms with E-state index in [0.717, 1.165) is 24.0 Å². The van der Waals surface area contributed by atoms with Crippen LogP contribution in [0.3, 0.4) is 0 Å². The maximum Gasteiger partial charge on any atom is 0.269 e. The van der Waals surface area contributed by atoms with Gasteiger partial charge in [0.05, 0.1) is 24.0 Å². The molecule has 0 aromatic heterocycles. The minimum atomic E-state index is -0.437. The first kappa shape index (κ1) is 21.8. The van der Waals surface area contributed by atoms with Crippen LogP contribution < -0.4 is 10.2 Å². The van der Waals surface area contributed by atoms with Crippen molar-refractivity contribution in [2.45, 2.75) is 6.61 Å². The number of nitro groups is 1. The summed E-state index contributed by atoms with van der Waals surface area (Å²) in [7, 11) is 0. The zero-order chi connectivity index (χ0) is 20.8. The van der Waals surface area contributed by atoms with Gasteiger partial charge in [-0.05, 0) is 92.7 Å². The van der Waals surface area contributed by atoms with Crippen molar-refractivity contribution in [2.24, 2.45) is 5.10 Å². The molecule has 0 heterocycles. The molecule has 1 N–H and O–H groups in total. The van der Waals surface area contributed by atoms with Crippen LogP contribution in [0, 0.1) is 17.3 Å². The molecule has 3 aromatic carbocycles. The largest absolute Gasteiger partial charge is 0.487 e. The first-order valence-corrected chi connectivity index (χ1v) is 10.9. The van der Waals surface area contributed by atoms with Gasteiger partial charge in [0.25, 0.3) is 5.69 Å². The highest BCUT2D eigenvalue weighted by Gasteiger charge is 2.09. The van der Waals surface area contributed by atoms with Gasteiger partial charge in [0.1, 0.15) is 12.4 Å². The highest BCUT2D eigenvalue weighted by atomic mass is 127. The Bertz CT molecular complexity index is 1020. The average molecular weight is 634 g/mol. The van der Waals surface area contributed by atoms with Crippen molar-refractivity contribution in [3.8, 4) is 5.75 Å². The van der Waals surface area contributed by atoms with E-state index in [-0.39, 0.29) is 5.69 Å². The SMILES string of the molecule is O=[N+]([O-])c1ccc(N/N=C/c2cc(I)c(OCc3ccc(Cl)cc3)c(I)c2)cc1. The van der Waals surface area contributed by atoms with Crippen molar-refractivity contribution in [3.05, 3.63) is 94.1 Å². The average Bonchev–Trinajstić information content (AvgIpc) is 2.69. The molecule has 3 aromatic rings. The van der Waals surface area contributed by atoms with Gasteiger partial charge in [-0.3, -0.25) is 15.5 Å². The Hall–Kier alpha value is -1.92. The third-order valence-electron chi connectivity index (χ3n) is 3.80. The van der Waals surface area contributed by atoms with Gasteiger partial charge in [0.15, 0.2) is 0 Å². The maximum atomic E-state index is 10.7. The minimum absolute atomic E-state index is 0.0397. The first-order chi connectivity index (χ1) is 13.9. The predicted octanol–water partition coefficient (Wildman–Crippen LogP) is 6.48. The number of hydrogen-bond donors (Lipinski definition) is 1. The number of ether oxygens (including phenoxy) is 1. The molecule has 0 saturated carbocycles. The molecule has 148 valence electrons. The van der Waals surface area contributed by atoms with Crippen LogP contribution in [0.4, 0.5) is 11.4 Å². The van der Waals surface area contributed by atoms with Gasteiger partial charge in [0, 0.05) is 17.2 Å². The summed E-state index contributed by atoms with van der Waals surface area (Å²) in [4.78, 5) is 10.2. The molecular formula is C20H14ClI2N3O3. The topological polar surface area (TPSA) is 76.8 Å². The van der Waals surface area contributed by atoms with Crippen LogP contribution in [0.25, 0.3) is 0 Å². The van der Waals surface area contributed by atoms with Gasteiger partial charge >= 0.3 is 0 Å². The smallest absolute Gasteiger partial charge is 0.269 e. The second kappa shape index (κ2) is 10.2. The Balaban J connectivity index is 1.64. The third kappa shape index (κ3) is 6.28. The summed E-state index contributed by atoms with van der Waals surface area (Å²) in [6.07, 6.45) is 1.69. The Morgan fingerprint density at radius 3 is 2.28 bits per heavy atom. The molecule has 0 aliphatic carbocycles. The highest BCUT2D eigenvalue weighted by molar-refractivity contribution is 14.1. The van der Waals surface area contributed by atoms with Crippen LogP contribution in [-0.2, 0) is 6.61 Å². The lowest BCUT2D eigenvalue weighted by atomic mass is 10.2. The molecule has 9 heteroatoms. The fourth-order valence-corrected chi connectivity index (χ4v) is 4.62. The fraction of sp³-hybridized carbons (Fsp3) is 0.0500. The van der Waals surface area contributed by atoms with Crippen LogP contribution in [0.1, 0.15) is 11.1 Å². The summed E-state index contributed by atoms with van der Waals surface area (Å²) in [6, 6.07) is 17.6. The van der Waals surface area contributed by atoms with E-state index in [4.69, 9.17) is 16.3 Å². The van der Waals surface area contributed by atoms with Crippen molar-refractivity contribution in [1.29, 1.82) is 0 Å². The predicted molar refractivity (Wildman–Crippen MR) is 132 cm³/mol. The summed E-state index contributed by atoms with van der Waals surface area (Å²) >= 11 is 10.4. The number of hydrogen-bond acceptors (Lipinski definition) is 5. The van der Waals surface area contributed by atoms with Crippen molar-refractivity contribution < 1.29 is 9.66 Å². The molecule has 0 spiro atoms. The molecule has 0 bridgehead atoms. The van der Waals surface area contributed by atoms with Crippen molar-refractivity contribution in [2.75, 3.05) is 5.43 Å². The van der Waals surface area contributed by atoms with Crippen molar-refractivity contribution >= 4 is 74.4 Å². The molecule has 29 heavy (non-hydrogen) atoms. The lowest BCUT2D eigenvalue weighted by Gasteiger charge is -2.11. The van der Waals surface area contributed by atoms with Crippen molar-refractivity contribution in [1.82, 2.24) is 0 Å². The lowest BCUT2D eigenvalue weighted by molar-refractivity contribution is -0.384. The summed E-state index contributed by atoms with van der Waals surface area (Å²) in [6.45, 7) is 0.457. The number of non-ortho nitro benzene ring substituents is 1. The number of rotatable bonds is 7. The molecular weight excluding hydrogens is 619 g/mol. The van der Waals surface area contributed by atoms with Crippen molar-refractivity contribution in [3.63, 3.8) is 0 Å². The van der Waals surface area contributed by atoms with E-state index in [0.29, 0.717) is 17.3 Å². The van der Waals surface area contributed by atoms with Gasteiger partial charge in [-0.25, -0.2) is 0 Å². The monoisotopic (exact) mass is 633 g/mol. The number of anilines is 1. The highest BCUT2D eigenvalue weighted by Crippen LogP contribution is 2.29. The van der Waals surface area contributed by atoms with E-state index < -0.39 is 4.92 Å². The number of nitrogens with zero attached hydrogens (tertiary/aromatic N) is 2. The summed E-state index contributed by atoms with van der Waals surface area (Å²) in [5, 5.41) is 15.6. The molecule has 0 aliphatic rings. The summed E-state index contributed by atoms with van der Waals surface area (Å²) in [5.74, 6) is 0.821. The minimum Gasteiger partial charge on any atom is -0.487 e. The van der Waals surface area contributed by atoms with Gasteiger partial charge in [-0.15, -0.1) is 0 Å². The Labute approximate surface area is 199 Å². The van der Waals surface area contributed by atoms with E-state index in [2.05, 4.69) is 55.7 Å². The zero-order valence-corrected chi connectivity index (χ0v) is 19.9. The van der Waals surface area contributed by atoms with E-state index in [1.807, 2.05) is 36.4 Å². The molecule has 6 nitrogen and oxygen atoms in total. The second-order valence-corrected chi connectivity index (χ2v) is 8.66. The van der Waals surface area contributed by atoms with Crippen LogP contribution in [0.2, 0.25) is 5.02 Å². The molecule has 0 fully saturated rings. The van der Waals surface area contributed by atoms with Crippen LogP contribution in [0.15, 0.2) is 65.8 Å². The molecule has 0 unspecified atom stereocenters. The molecule has 0 radical (unpaired) electrons. The molecule has 0 amide bonds. The number of nitrogens with one attached hydrogen (secondary N) is 1. The number of benzene rings is 3. The van der Waals surface area contributed by atoms with Gasteiger partial charge in [-0.1, -0.05) is 23.7 Å². The van der Waals surface area contributed by atoms with Crippen LogP contribution >= 0.6 is 56.8 Å². The Morgan fingerprint density at radius 2 is 1.69 bits per heavy atom. The van der Waals surface area contributed by atoms with E-state index in [9.17, 15) is 10.1 Å². The Morgan fingerprint density at radius 1 is 1.07 bits per heavy atom. The van der Waals surface area contributed by atoms with E-state index >= 15 is 0 Å². The summed E-state index contributed by atoms with van der Waals surface area (Å²) in [5.41, 5.74) is 5.52. The van der Waals surface area contributed by atoms with Gasteiger partial charge < -0.3 is 4.74 Å². The van der Waals surface area contributed by atoms with Crippen LogP contribution in [-0.4, -0.2) is 11.1 Å². The van der Waals surface area contributed by atoms with E-state index in [1.165, 1.54) is 12.1 Å². The zero-order valence-electron chi connectivity index (χ0n) is 14.8. The van der Waals surface area contributed by atoms with Gasteiger partial charge in [-0.2, -0.15) is 5.10 Å². The quantitative estimate of drug-likeness (QED) is 0.140. The van der Waals surface area contributed by atoms with Gasteiger partial charge in [0.2, 0.25) is 0 Å². The Kier molecular flexibility index (Phi) is 7.67.